The first-order valence-electron chi connectivity index (χ1n) is 7.15. The highest BCUT2D eigenvalue weighted by molar-refractivity contribution is 5.78. The standard InChI is InChI=1S/C14H17N7O/c1-10-11(21-8-3-2-6-13(21)16-10)9-14(22)15-7-4-5-12-17-19-20-18-12/h2-3,6,8H,4-5,7,9H2,1H3,(H,15,22)(H,17,18,19,20). The maximum atomic E-state index is 12.1. The zero-order valence-corrected chi connectivity index (χ0v) is 12.3. The maximum absolute atomic E-state index is 12.1. The number of amides is 1. The summed E-state index contributed by atoms with van der Waals surface area (Å²) in [5.74, 6) is 0.647. The van der Waals surface area contributed by atoms with E-state index in [1.165, 1.54) is 0 Å². The van der Waals surface area contributed by atoms with Gasteiger partial charge in [0.1, 0.15) is 5.65 Å². The Bertz CT molecular complexity index is 763. The number of nitrogens with zero attached hydrogens (tertiary/aromatic N) is 5. The van der Waals surface area contributed by atoms with Crippen molar-refractivity contribution >= 4 is 11.6 Å². The van der Waals surface area contributed by atoms with Crippen LogP contribution in [0.1, 0.15) is 23.6 Å². The number of hydrogen-bond donors (Lipinski definition) is 2. The van der Waals surface area contributed by atoms with Gasteiger partial charge < -0.3 is 9.72 Å². The zero-order valence-electron chi connectivity index (χ0n) is 12.3. The molecule has 8 nitrogen and oxygen atoms in total. The van der Waals surface area contributed by atoms with Gasteiger partial charge in [-0.25, -0.2) is 4.98 Å². The Morgan fingerprint density at radius 2 is 2.32 bits per heavy atom. The normalized spacial score (nSPS) is 11.0. The minimum absolute atomic E-state index is 0.0122. The molecule has 0 spiro atoms. The predicted octanol–water partition coefficient (Wildman–Crippen LogP) is 0.447. The summed E-state index contributed by atoms with van der Waals surface area (Å²) in [4.78, 5) is 16.5. The average Bonchev–Trinajstić information content (AvgIpc) is 3.13. The molecule has 0 bridgehead atoms. The van der Waals surface area contributed by atoms with Gasteiger partial charge in [0, 0.05) is 19.2 Å². The van der Waals surface area contributed by atoms with E-state index in [0.717, 1.165) is 23.5 Å². The van der Waals surface area contributed by atoms with Crippen molar-refractivity contribution in [3.05, 3.63) is 41.6 Å². The van der Waals surface area contributed by atoms with Crippen LogP contribution < -0.4 is 5.32 Å². The molecule has 1 amide bonds. The fraction of sp³-hybridized carbons (Fsp3) is 0.357. The molecule has 0 radical (unpaired) electrons. The van der Waals surface area contributed by atoms with E-state index in [4.69, 9.17) is 0 Å². The third-order valence-electron chi connectivity index (χ3n) is 3.45. The molecule has 2 N–H and O–H groups in total. The summed E-state index contributed by atoms with van der Waals surface area (Å²) >= 11 is 0. The second kappa shape index (κ2) is 6.33. The van der Waals surface area contributed by atoms with Crippen LogP contribution >= 0.6 is 0 Å². The summed E-state index contributed by atoms with van der Waals surface area (Å²) in [7, 11) is 0. The van der Waals surface area contributed by atoms with Crippen molar-refractivity contribution in [3.63, 3.8) is 0 Å². The van der Waals surface area contributed by atoms with Gasteiger partial charge in [0.25, 0.3) is 0 Å². The fourth-order valence-corrected chi connectivity index (χ4v) is 2.35. The monoisotopic (exact) mass is 299 g/mol. The quantitative estimate of drug-likeness (QED) is 0.643. The zero-order chi connectivity index (χ0) is 15.4. The number of nitrogens with one attached hydrogen (secondary N) is 2. The molecule has 114 valence electrons. The molecule has 0 fully saturated rings. The second-order valence-corrected chi connectivity index (χ2v) is 5.03. The summed E-state index contributed by atoms with van der Waals surface area (Å²) < 4.78 is 1.95. The Labute approximate surface area is 127 Å². The predicted molar refractivity (Wildman–Crippen MR) is 79.1 cm³/mol. The average molecular weight is 299 g/mol. The van der Waals surface area contributed by atoms with E-state index in [2.05, 4.69) is 30.9 Å². The van der Waals surface area contributed by atoms with E-state index in [-0.39, 0.29) is 5.91 Å². The number of aromatic nitrogens is 6. The van der Waals surface area contributed by atoms with Crippen molar-refractivity contribution in [2.45, 2.75) is 26.2 Å². The Balaban J connectivity index is 1.53. The van der Waals surface area contributed by atoms with Crippen LogP contribution in [0.25, 0.3) is 5.65 Å². The van der Waals surface area contributed by atoms with Crippen molar-refractivity contribution in [2.24, 2.45) is 0 Å². The Hall–Kier alpha value is -2.77. The van der Waals surface area contributed by atoms with Crippen LogP contribution in [-0.2, 0) is 17.6 Å². The van der Waals surface area contributed by atoms with Gasteiger partial charge in [-0.3, -0.25) is 4.79 Å². The van der Waals surface area contributed by atoms with Crippen LogP contribution in [0, 0.1) is 6.92 Å². The summed E-state index contributed by atoms with van der Waals surface area (Å²) in [6.07, 6.45) is 3.70. The van der Waals surface area contributed by atoms with Gasteiger partial charge in [-0.2, -0.15) is 5.21 Å². The molecule has 22 heavy (non-hydrogen) atoms. The van der Waals surface area contributed by atoms with Gasteiger partial charge in [-0.05, 0) is 25.5 Å². The number of H-pyrrole nitrogens is 1. The highest BCUT2D eigenvalue weighted by Gasteiger charge is 2.12. The number of aromatic amines is 1. The van der Waals surface area contributed by atoms with Crippen molar-refractivity contribution < 1.29 is 4.79 Å². The molecule has 0 aliphatic heterocycles. The van der Waals surface area contributed by atoms with Crippen LogP contribution in [0.3, 0.4) is 0 Å². The number of pyridine rings is 1. The van der Waals surface area contributed by atoms with Crippen LogP contribution in [-0.4, -0.2) is 42.5 Å². The SMILES string of the molecule is Cc1nc2ccccn2c1CC(=O)NCCCc1nn[nH]n1. The molecule has 8 heteroatoms. The van der Waals surface area contributed by atoms with E-state index in [1.807, 2.05) is 35.7 Å². The highest BCUT2D eigenvalue weighted by Crippen LogP contribution is 2.12. The van der Waals surface area contributed by atoms with Gasteiger partial charge >= 0.3 is 0 Å². The number of aryl methyl sites for hydroxylation is 2. The first kappa shape index (κ1) is 14.2. The molecule has 0 unspecified atom stereocenters. The lowest BCUT2D eigenvalue weighted by atomic mass is 10.2. The molecule has 0 aliphatic rings. The Kier molecular flexibility index (Phi) is 4.08. The van der Waals surface area contributed by atoms with Crippen LogP contribution in [0.5, 0.6) is 0 Å². The molecular formula is C14H17N7O. The first-order valence-corrected chi connectivity index (χ1v) is 7.15. The highest BCUT2D eigenvalue weighted by atomic mass is 16.1. The van der Waals surface area contributed by atoms with Crippen molar-refractivity contribution in [3.8, 4) is 0 Å². The van der Waals surface area contributed by atoms with Gasteiger partial charge in [-0.15, -0.1) is 10.2 Å². The van der Waals surface area contributed by atoms with E-state index in [0.29, 0.717) is 25.2 Å². The summed E-state index contributed by atoms with van der Waals surface area (Å²) in [5, 5.41) is 16.5. The fourth-order valence-electron chi connectivity index (χ4n) is 2.35. The molecule has 3 aromatic rings. The van der Waals surface area contributed by atoms with Crippen molar-refractivity contribution in [1.29, 1.82) is 0 Å². The van der Waals surface area contributed by atoms with Crippen LogP contribution in [0.4, 0.5) is 0 Å². The van der Waals surface area contributed by atoms with Crippen LogP contribution in [0.15, 0.2) is 24.4 Å². The van der Waals surface area contributed by atoms with Gasteiger partial charge in [0.05, 0.1) is 17.8 Å². The van der Waals surface area contributed by atoms with Gasteiger partial charge in [-0.1, -0.05) is 11.3 Å². The first-order chi connectivity index (χ1) is 10.7. The third-order valence-corrected chi connectivity index (χ3v) is 3.45. The smallest absolute Gasteiger partial charge is 0.226 e. The molecule has 0 atom stereocenters. The van der Waals surface area contributed by atoms with E-state index in [9.17, 15) is 4.79 Å². The third kappa shape index (κ3) is 3.11. The number of carbonyl (C=O) groups is 1. The van der Waals surface area contributed by atoms with E-state index in [1.54, 1.807) is 0 Å². The number of tetrazole rings is 1. The van der Waals surface area contributed by atoms with Gasteiger partial charge in [0.15, 0.2) is 5.82 Å². The molecule has 0 aliphatic carbocycles. The molecular weight excluding hydrogens is 282 g/mol. The second-order valence-electron chi connectivity index (χ2n) is 5.03. The number of rotatable bonds is 6. The lowest BCUT2D eigenvalue weighted by Crippen LogP contribution is -2.27. The molecule has 3 aromatic heterocycles. The molecule has 3 heterocycles. The molecule has 0 aromatic carbocycles. The van der Waals surface area contributed by atoms with Crippen molar-refractivity contribution in [2.75, 3.05) is 6.54 Å². The van der Waals surface area contributed by atoms with E-state index < -0.39 is 0 Å². The topological polar surface area (TPSA) is 101 Å². The van der Waals surface area contributed by atoms with E-state index >= 15 is 0 Å². The van der Waals surface area contributed by atoms with Gasteiger partial charge in [0.2, 0.25) is 5.91 Å². The largest absolute Gasteiger partial charge is 0.356 e. The molecule has 0 saturated carbocycles. The summed E-state index contributed by atoms with van der Waals surface area (Å²) in [6, 6.07) is 5.79. The summed E-state index contributed by atoms with van der Waals surface area (Å²) in [5.41, 5.74) is 2.67. The Morgan fingerprint density at radius 3 is 3.14 bits per heavy atom. The van der Waals surface area contributed by atoms with Crippen molar-refractivity contribution in [1.82, 2.24) is 35.3 Å². The minimum atomic E-state index is -0.0122. The lowest BCUT2D eigenvalue weighted by molar-refractivity contribution is -0.120. The number of imidazole rings is 1. The molecule has 3 rings (SSSR count). The number of hydrogen-bond acceptors (Lipinski definition) is 5. The lowest BCUT2D eigenvalue weighted by Gasteiger charge is -2.05. The number of fused-ring (bicyclic) bond motifs is 1. The maximum Gasteiger partial charge on any atom is 0.226 e. The molecule has 0 saturated heterocycles. The van der Waals surface area contributed by atoms with Crippen LogP contribution in [0.2, 0.25) is 0 Å². The summed E-state index contributed by atoms with van der Waals surface area (Å²) in [6.45, 7) is 2.51. The number of carbonyl (C=O) groups excluding carboxylic acids is 1. The minimum Gasteiger partial charge on any atom is -0.356 e. The Morgan fingerprint density at radius 1 is 1.41 bits per heavy atom.